The summed E-state index contributed by atoms with van der Waals surface area (Å²) in [7, 11) is 0. The molecular weight excluding hydrogens is 709 g/mol. The van der Waals surface area contributed by atoms with Crippen molar-refractivity contribution in [1.82, 2.24) is 25.3 Å². The second kappa shape index (κ2) is 14.0. The highest BCUT2D eigenvalue weighted by Crippen LogP contribution is 2.32. The number of H-pyrrole nitrogens is 3. The van der Waals surface area contributed by atoms with Crippen molar-refractivity contribution in [2.24, 2.45) is 4.99 Å². The molecule has 0 amide bonds. The number of allylic oxidation sites excluding steroid dienone is 4. The van der Waals surface area contributed by atoms with Crippen LogP contribution in [0.15, 0.2) is 204 Å². The maximum absolute atomic E-state index is 5.28. The molecule has 4 aromatic heterocycles. The molecule has 0 spiro atoms. The average Bonchev–Trinajstić information content (AvgIpc) is 4.13. The van der Waals surface area contributed by atoms with Crippen LogP contribution in [-0.4, -0.2) is 20.7 Å². The van der Waals surface area contributed by atoms with Crippen molar-refractivity contribution in [3.05, 3.63) is 272 Å². The number of benzene rings is 4. The minimum atomic E-state index is 0.872. The first-order chi connectivity index (χ1) is 28.7. The van der Waals surface area contributed by atoms with E-state index in [4.69, 9.17) is 9.98 Å². The van der Waals surface area contributed by atoms with Crippen molar-refractivity contribution in [3.63, 3.8) is 0 Å². The van der Waals surface area contributed by atoms with Gasteiger partial charge < -0.3 is 19.9 Å². The van der Waals surface area contributed by atoms with Gasteiger partial charge in [-0.1, -0.05) is 121 Å². The quantitative estimate of drug-likeness (QED) is 0.149. The Bertz CT molecular complexity index is 3350. The number of nitrogens with zero attached hydrogens (tertiary/aromatic N) is 2. The zero-order valence-electron chi connectivity index (χ0n) is 31.4. The molecule has 3 aliphatic rings. The first kappa shape index (κ1) is 33.4. The van der Waals surface area contributed by atoms with Crippen LogP contribution in [0.4, 0.5) is 0 Å². The molecule has 8 aromatic rings. The summed E-state index contributed by atoms with van der Waals surface area (Å²) in [6.45, 7) is 0. The molecule has 4 N–H and O–H groups in total. The van der Waals surface area contributed by atoms with Gasteiger partial charge in [0.25, 0.3) is 0 Å². The Labute approximate surface area is 334 Å². The van der Waals surface area contributed by atoms with Crippen LogP contribution in [0.2, 0.25) is 0 Å². The van der Waals surface area contributed by atoms with Gasteiger partial charge in [-0.2, -0.15) is 0 Å². The molecule has 4 aromatic carbocycles. The van der Waals surface area contributed by atoms with Crippen molar-refractivity contribution in [3.8, 4) is 0 Å². The van der Waals surface area contributed by atoms with Crippen molar-refractivity contribution < 1.29 is 0 Å². The summed E-state index contributed by atoms with van der Waals surface area (Å²) in [4.78, 5) is 21.9. The number of hydrogen-bond acceptors (Lipinski definition) is 2. The van der Waals surface area contributed by atoms with Gasteiger partial charge in [0, 0.05) is 33.2 Å². The fraction of sp³-hybridized carbons (Fsp3) is 0. The molecule has 12 bridgehead atoms. The lowest BCUT2D eigenvalue weighted by atomic mass is 9.98. The van der Waals surface area contributed by atoms with E-state index in [1.165, 1.54) is 0 Å². The van der Waals surface area contributed by atoms with E-state index in [9.17, 15) is 0 Å². The lowest BCUT2D eigenvalue weighted by Gasteiger charge is -2.11. The van der Waals surface area contributed by atoms with Gasteiger partial charge in [-0.3, -0.25) is 5.32 Å². The van der Waals surface area contributed by atoms with E-state index in [0.717, 1.165) is 111 Å². The molecule has 0 saturated carbocycles. The first-order valence-electron chi connectivity index (χ1n) is 19.5. The number of aromatic amines is 3. The number of hydrogen-bond donors (Lipinski definition) is 4. The van der Waals surface area contributed by atoms with Gasteiger partial charge in [0.05, 0.1) is 34.5 Å². The van der Waals surface area contributed by atoms with Crippen molar-refractivity contribution in [1.29, 1.82) is 0 Å². The number of aliphatic imine (C=N–C) groups is 1. The van der Waals surface area contributed by atoms with Crippen molar-refractivity contribution in [2.75, 3.05) is 0 Å². The molecule has 6 heteroatoms. The summed E-state index contributed by atoms with van der Waals surface area (Å²) < 4.78 is 0. The normalized spacial score (nSPS) is 14.8. The maximum Gasteiger partial charge on any atom is 0.172 e. The predicted molar refractivity (Wildman–Crippen MR) is 232 cm³/mol. The van der Waals surface area contributed by atoms with Crippen molar-refractivity contribution in [2.45, 2.75) is 0 Å². The molecule has 11 rings (SSSR count). The molecular formula is C52H36N6. The van der Waals surface area contributed by atoms with Crippen LogP contribution in [-0.2, 0) is 0 Å². The molecule has 0 aliphatic carbocycles. The third-order valence-corrected chi connectivity index (χ3v) is 11.0. The van der Waals surface area contributed by atoms with Crippen LogP contribution in [0.1, 0.15) is 33.6 Å². The van der Waals surface area contributed by atoms with Crippen LogP contribution in [0, 0.1) is 17.1 Å². The van der Waals surface area contributed by atoms with Gasteiger partial charge in [0.1, 0.15) is 17.0 Å². The smallest absolute Gasteiger partial charge is 0.172 e. The summed E-state index contributed by atoms with van der Waals surface area (Å²) in [6, 6.07) is 59.2. The maximum atomic E-state index is 5.28. The summed E-state index contributed by atoms with van der Waals surface area (Å²) >= 11 is 0. The molecule has 0 fully saturated rings. The molecule has 0 saturated heterocycles. The summed E-state index contributed by atoms with van der Waals surface area (Å²) in [6.07, 6.45) is 8.56. The largest absolute Gasteiger partial charge is 0.656 e. The van der Waals surface area contributed by atoms with E-state index >= 15 is 0 Å². The zero-order valence-corrected chi connectivity index (χ0v) is 31.4. The Morgan fingerprint density at radius 2 is 0.931 bits per heavy atom. The van der Waals surface area contributed by atoms with Gasteiger partial charge in [-0.05, 0) is 82.9 Å². The molecule has 6 nitrogen and oxygen atoms in total. The highest BCUT2D eigenvalue weighted by atomic mass is 14.9. The molecule has 3 aliphatic heterocycles. The second-order valence-electron chi connectivity index (χ2n) is 14.5. The Hall–Kier alpha value is -7.96. The summed E-state index contributed by atoms with van der Waals surface area (Å²) in [5.74, 6) is 0. The first-order valence-corrected chi connectivity index (χ1v) is 19.5. The van der Waals surface area contributed by atoms with Gasteiger partial charge in [-0.15, -0.1) is 10.7 Å². The molecule has 0 unspecified atom stereocenters. The average molecular weight is 745 g/mol. The van der Waals surface area contributed by atoms with Crippen LogP contribution >= 0.6 is 0 Å². The molecule has 7 heterocycles. The molecule has 58 heavy (non-hydrogen) atoms. The Morgan fingerprint density at radius 1 is 0.414 bits per heavy atom. The molecule has 0 radical (unpaired) electrons. The minimum absolute atomic E-state index is 0.872. The summed E-state index contributed by atoms with van der Waals surface area (Å²) in [5.41, 5.74) is 14.3. The number of rotatable bonds is 4. The Balaban J connectivity index is 1.23. The van der Waals surface area contributed by atoms with Crippen LogP contribution in [0.25, 0.3) is 28.0 Å². The van der Waals surface area contributed by atoms with E-state index in [1.807, 2.05) is 12.1 Å². The Kier molecular flexibility index (Phi) is 8.04. The van der Waals surface area contributed by atoms with Crippen LogP contribution in [0.3, 0.4) is 0 Å². The third-order valence-electron chi connectivity index (χ3n) is 11.0. The zero-order chi connectivity index (χ0) is 38.4. The van der Waals surface area contributed by atoms with E-state index in [2.05, 4.69) is 203 Å². The minimum Gasteiger partial charge on any atom is -0.656 e. The van der Waals surface area contributed by atoms with Gasteiger partial charge in [0.15, 0.2) is 5.70 Å². The van der Waals surface area contributed by atoms with Crippen molar-refractivity contribution >= 4 is 33.7 Å². The van der Waals surface area contributed by atoms with E-state index in [1.54, 1.807) is 0 Å². The van der Waals surface area contributed by atoms with E-state index in [0.29, 0.717) is 0 Å². The fourth-order valence-electron chi connectivity index (χ4n) is 8.27. The number of fused-ring (bicyclic) bond motifs is 11. The van der Waals surface area contributed by atoms with Gasteiger partial charge in [0.2, 0.25) is 0 Å². The molecule has 274 valence electrons. The monoisotopic (exact) mass is 744 g/mol. The van der Waals surface area contributed by atoms with Crippen LogP contribution in [0.5, 0.6) is 0 Å². The fourth-order valence-corrected chi connectivity index (χ4v) is 8.27. The number of aromatic nitrogens is 4. The van der Waals surface area contributed by atoms with E-state index < -0.39 is 0 Å². The van der Waals surface area contributed by atoms with Gasteiger partial charge in [-0.25, -0.2) is 4.99 Å². The van der Waals surface area contributed by atoms with Gasteiger partial charge >= 0.3 is 0 Å². The topological polar surface area (TPSA) is 85.9 Å². The highest BCUT2D eigenvalue weighted by Gasteiger charge is 2.30. The summed E-state index contributed by atoms with van der Waals surface area (Å²) in [5, 5.41) is 9.45. The Morgan fingerprint density at radius 3 is 1.60 bits per heavy atom. The third kappa shape index (κ3) is 5.92. The molecule has 0 atom stereocenters. The lowest BCUT2D eigenvalue weighted by molar-refractivity contribution is 1.08. The highest BCUT2D eigenvalue weighted by molar-refractivity contribution is 6.33. The number of nitrogens with one attached hydrogen (secondary N) is 4. The predicted octanol–water partition coefficient (Wildman–Crippen LogP) is 6.84. The SMILES string of the molecule is C1=CC2=c3ccc([nH]3)=C(c3ccccc3)c3ccc([nH]3)C(c3ccccc3)=c3ccc([n-]3)=c3ccc([nH]3)=C(c3ccccc3)C3=C[CH+]C(=C(c4ccccc4)C1=N2)N3. The van der Waals surface area contributed by atoms with Crippen LogP contribution < -0.4 is 31.7 Å². The standard InChI is InChI=1S/C52H36N6/c1-5-13-33(14-6-1)49-41-25-21-37(53-41)38-22-26-43(54-38)51(35-17-9-3-10-18-35)47-31-32-48(58-47)52(36-19-11-4-12-20-36)44-28-24-40(56-44)39-23-27-42(55-39)50(34-15-7-2-8-16-34)46-30-29-45(49)57-46/h1-32,53,56-58H. The second-order valence-corrected chi connectivity index (χ2v) is 14.5. The lowest BCUT2D eigenvalue weighted by Crippen LogP contribution is -2.18. The van der Waals surface area contributed by atoms with E-state index in [-0.39, 0.29) is 0 Å².